The fourth-order valence-electron chi connectivity index (χ4n) is 3.92. The molecule has 0 radical (unpaired) electrons. The third-order valence-corrected chi connectivity index (χ3v) is 5.30. The van der Waals surface area contributed by atoms with E-state index < -0.39 is 35.8 Å². The van der Waals surface area contributed by atoms with Gasteiger partial charge in [0.1, 0.15) is 12.2 Å². The number of hydrogen-bond donors (Lipinski definition) is 2. The molecule has 3 atom stereocenters. The van der Waals surface area contributed by atoms with E-state index in [-0.39, 0.29) is 36.4 Å². The summed E-state index contributed by atoms with van der Waals surface area (Å²) >= 11 is 0. The van der Waals surface area contributed by atoms with Gasteiger partial charge in [0.25, 0.3) is 11.8 Å². The van der Waals surface area contributed by atoms with Gasteiger partial charge in [0.15, 0.2) is 0 Å². The van der Waals surface area contributed by atoms with Crippen LogP contribution in [-0.2, 0) is 9.59 Å². The first-order valence-electron chi connectivity index (χ1n) is 8.67. The molecule has 3 aliphatic rings. The molecule has 136 valence electrons. The highest BCUT2D eigenvalue weighted by molar-refractivity contribution is 6.23. The van der Waals surface area contributed by atoms with Crippen LogP contribution in [0.4, 0.5) is 4.39 Å². The molecule has 0 saturated carbocycles. The second kappa shape index (κ2) is 6.28. The fraction of sp³-hybridized carbons (Fsp3) is 0.444. The zero-order valence-electron chi connectivity index (χ0n) is 14.0. The van der Waals surface area contributed by atoms with Crippen LogP contribution in [0.15, 0.2) is 18.2 Å². The summed E-state index contributed by atoms with van der Waals surface area (Å²) in [5.74, 6) is -2.49. The van der Waals surface area contributed by atoms with Crippen molar-refractivity contribution in [1.29, 1.82) is 0 Å². The van der Waals surface area contributed by atoms with Crippen molar-refractivity contribution in [3.63, 3.8) is 0 Å². The molecule has 0 bridgehead atoms. The molecule has 1 aromatic rings. The number of carbonyl (C=O) groups excluding carboxylic acids is 4. The van der Waals surface area contributed by atoms with E-state index in [9.17, 15) is 23.6 Å². The SMILES string of the molecule is O=C1CCC(N2C(=O)c3ccc(C4CCNCC4F)cc3C2=O)C(=O)N1. The van der Waals surface area contributed by atoms with Gasteiger partial charge in [-0.3, -0.25) is 29.4 Å². The van der Waals surface area contributed by atoms with Crippen LogP contribution in [0.3, 0.4) is 0 Å². The van der Waals surface area contributed by atoms with Crippen LogP contribution in [0, 0.1) is 0 Å². The van der Waals surface area contributed by atoms with E-state index in [4.69, 9.17) is 0 Å². The van der Waals surface area contributed by atoms with Gasteiger partial charge < -0.3 is 5.32 Å². The number of alkyl halides is 1. The molecule has 2 saturated heterocycles. The molecule has 2 fully saturated rings. The monoisotopic (exact) mass is 359 g/mol. The molecular formula is C18H18FN3O4. The van der Waals surface area contributed by atoms with Gasteiger partial charge in [-0.2, -0.15) is 0 Å². The average Bonchev–Trinajstić information content (AvgIpc) is 2.86. The first kappa shape index (κ1) is 16.8. The Bertz CT molecular complexity index is 825. The van der Waals surface area contributed by atoms with E-state index >= 15 is 0 Å². The van der Waals surface area contributed by atoms with E-state index in [0.29, 0.717) is 18.5 Å². The van der Waals surface area contributed by atoms with Crippen LogP contribution >= 0.6 is 0 Å². The van der Waals surface area contributed by atoms with Crippen LogP contribution in [0.1, 0.15) is 51.5 Å². The van der Waals surface area contributed by atoms with Gasteiger partial charge in [0.2, 0.25) is 11.8 Å². The minimum atomic E-state index is -1.06. The molecule has 1 aromatic carbocycles. The highest BCUT2D eigenvalue weighted by Gasteiger charge is 2.45. The molecule has 26 heavy (non-hydrogen) atoms. The number of fused-ring (bicyclic) bond motifs is 1. The van der Waals surface area contributed by atoms with Crippen LogP contribution in [-0.4, -0.2) is 53.8 Å². The third kappa shape index (κ3) is 2.61. The quantitative estimate of drug-likeness (QED) is 0.750. The highest BCUT2D eigenvalue weighted by atomic mass is 19.1. The molecule has 0 aromatic heterocycles. The minimum Gasteiger partial charge on any atom is -0.314 e. The summed E-state index contributed by atoms with van der Waals surface area (Å²) in [4.78, 5) is 49.7. The maximum absolute atomic E-state index is 14.2. The Morgan fingerprint density at radius 1 is 1.04 bits per heavy atom. The van der Waals surface area contributed by atoms with Crippen molar-refractivity contribution in [2.75, 3.05) is 13.1 Å². The van der Waals surface area contributed by atoms with E-state index in [0.717, 1.165) is 4.90 Å². The molecule has 7 nitrogen and oxygen atoms in total. The Labute approximate surface area is 148 Å². The molecule has 3 unspecified atom stereocenters. The summed E-state index contributed by atoms with van der Waals surface area (Å²) in [7, 11) is 0. The molecule has 4 rings (SSSR count). The van der Waals surface area contributed by atoms with Gasteiger partial charge in [0.05, 0.1) is 11.1 Å². The maximum Gasteiger partial charge on any atom is 0.262 e. The van der Waals surface area contributed by atoms with Crippen LogP contribution in [0.25, 0.3) is 0 Å². The Kier molecular flexibility index (Phi) is 4.07. The standard InChI is InChI=1S/C18H18FN3O4/c19-13-8-20-6-5-10(13)9-1-2-11-12(7-9)18(26)22(17(11)25)14-3-4-15(23)21-16(14)24/h1-2,7,10,13-14,20H,3-6,8H2,(H,21,23,24). The Morgan fingerprint density at radius 2 is 1.81 bits per heavy atom. The average molecular weight is 359 g/mol. The topological polar surface area (TPSA) is 95.6 Å². The number of amides is 4. The number of nitrogens with one attached hydrogen (secondary N) is 2. The van der Waals surface area contributed by atoms with Crippen LogP contribution in [0.5, 0.6) is 0 Å². The number of hydrogen-bond acceptors (Lipinski definition) is 5. The van der Waals surface area contributed by atoms with Crippen molar-refractivity contribution >= 4 is 23.6 Å². The van der Waals surface area contributed by atoms with Crippen molar-refractivity contribution < 1.29 is 23.6 Å². The predicted molar refractivity (Wildman–Crippen MR) is 88.2 cm³/mol. The zero-order chi connectivity index (χ0) is 18.4. The molecule has 0 aliphatic carbocycles. The van der Waals surface area contributed by atoms with Crippen molar-refractivity contribution in [2.45, 2.75) is 37.4 Å². The van der Waals surface area contributed by atoms with Gasteiger partial charge in [-0.05, 0) is 37.1 Å². The van der Waals surface area contributed by atoms with Crippen molar-refractivity contribution in [3.8, 4) is 0 Å². The van der Waals surface area contributed by atoms with Crippen molar-refractivity contribution in [3.05, 3.63) is 34.9 Å². The largest absolute Gasteiger partial charge is 0.314 e. The highest BCUT2D eigenvalue weighted by Crippen LogP contribution is 2.33. The lowest BCUT2D eigenvalue weighted by Crippen LogP contribution is -2.54. The van der Waals surface area contributed by atoms with Crippen molar-refractivity contribution in [1.82, 2.24) is 15.5 Å². The maximum atomic E-state index is 14.2. The Hall–Kier alpha value is -2.61. The second-order valence-corrected chi connectivity index (χ2v) is 6.87. The van der Waals surface area contributed by atoms with Crippen LogP contribution in [0.2, 0.25) is 0 Å². The van der Waals surface area contributed by atoms with E-state index in [1.54, 1.807) is 12.1 Å². The second-order valence-electron chi connectivity index (χ2n) is 6.87. The van der Waals surface area contributed by atoms with Gasteiger partial charge in [-0.15, -0.1) is 0 Å². The number of halogens is 1. The summed E-state index contributed by atoms with van der Waals surface area (Å²) in [6, 6.07) is 3.80. The lowest BCUT2D eigenvalue weighted by atomic mass is 9.87. The summed E-state index contributed by atoms with van der Waals surface area (Å²) < 4.78 is 14.2. The molecule has 8 heteroatoms. The molecule has 4 amide bonds. The molecule has 0 spiro atoms. The Balaban J connectivity index is 1.64. The number of nitrogens with zero attached hydrogens (tertiary/aromatic N) is 1. The summed E-state index contributed by atoms with van der Waals surface area (Å²) in [6.45, 7) is 0.953. The van der Waals surface area contributed by atoms with Gasteiger partial charge >= 0.3 is 0 Å². The summed E-state index contributed by atoms with van der Waals surface area (Å²) in [5, 5.41) is 5.15. The number of imide groups is 2. The van der Waals surface area contributed by atoms with Gasteiger partial charge in [0, 0.05) is 18.9 Å². The molecule has 3 heterocycles. The third-order valence-electron chi connectivity index (χ3n) is 5.30. The lowest BCUT2D eigenvalue weighted by molar-refractivity contribution is -0.136. The van der Waals surface area contributed by atoms with Crippen LogP contribution < -0.4 is 10.6 Å². The van der Waals surface area contributed by atoms with Gasteiger partial charge in [-0.25, -0.2) is 4.39 Å². The number of benzene rings is 1. The van der Waals surface area contributed by atoms with E-state index in [2.05, 4.69) is 10.6 Å². The number of piperidine rings is 2. The fourth-order valence-corrected chi connectivity index (χ4v) is 3.92. The smallest absolute Gasteiger partial charge is 0.262 e. The lowest BCUT2D eigenvalue weighted by Gasteiger charge is -2.28. The Morgan fingerprint density at radius 3 is 2.54 bits per heavy atom. The normalized spacial score (nSPS) is 29.0. The molecular weight excluding hydrogens is 341 g/mol. The van der Waals surface area contributed by atoms with E-state index in [1.807, 2.05) is 0 Å². The minimum absolute atomic E-state index is 0.0771. The first-order valence-corrected chi connectivity index (χ1v) is 8.67. The molecule has 2 N–H and O–H groups in total. The number of rotatable bonds is 2. The molecule has 3 aliphatic heterocycles. The summed E-state index contributed by atoms with van der Waals surface area (Å²) in [5.41, 5.74) is 1.10. The first-order chi connectivity index (χ1) is 12.5. The predicted octanol–water partition coefficient (Wildman–Crippen LogP) is 0.503. The van der Waals surface area contributed by atoms with Crippen molar-refractivity contribution in [2.24, 2.45) is 0 Å². The number of carbonyl (C=O) groups is 4. The van der Waals surface area contributed by atoms with E-state index in [1.165, 1.54) is 6.07 Å². The van der Waals surface area contributed by atoms with Gasteiger partial charge in [-0.1, -0.05) is 6.07 Å². The zero-order valence-corrected chi connectivity index (χ0v) is 14.0. The summed E-state index contributed by atoms with van der Waals surface area (Å²) in [6.07, 6.45) is -0.253.